The molecule has 6 N–H and O–H groups in total. The highest BCUT2D eigenvalue weighted by atomic mass is 16.2. The van der Waals surface area contributed by atoms with Crippen molar-refractivity contribution in [2.24, 2.45) is 5.73 Å². The van der Waals surface area contributed by atoms with E-state index in [1.807, 2.05) is 32.9 Å². The zero-order valence-electron chi connectivity index (χ0n) is 16.4. The lowest BCUT2D eigenvalue weighted by molar-refractivity contribution is -0.105. The Labute approximate surface area is 163 Å². The summed E-state index contributed by atoms with van der Waals surface area (Å²) in [5, 5.41) is 7.88. The molecule has 8 heteroatoms. The number of aromatic amines is 1. The molecule has 2 rings (SSSR count). The van der Waals surface area contributed by atoms with E-state index in [0.717, 1.165) is 33.7 Å². The Morgan fingerprint density at radius 3 is 2.57 bits per heavy atom. The molecule has 1 heterocycles. The molecule has 0 radical (unpaired) electrons. The molecular weight excluding hydrogens is 358 g/mol. The van der Waals surface area contributed by atoms with E-state index in [1.165, 1.54) is 0 Å². The number of allylic oxidation sites excluding steroid dienone is 1. The van der Waals surface area contributed by atoms with Gasteiger partial charge >= 0.3 is 6.03 Å². The minimum Gasteiger partial charge on any atom is -0.358 e. The van der Waals surface area contributed by atoms with Crippen molar-refractivity contribution in [3.05, 3.63) is 51.8 Å². The maximum atomic E-state index is 12.1. The fraction of sp³-hybridized carbons (Fsp3) is 0.250. The molecule has 0 spiro atoms. The van der Waals surface area contributed by atoms with Gasteiger partial charge in [0.15, 0.2) is 0 Å². The summed E-state index contributed by atoms with van der Waals surface area (Å²) >= 11 is 0. The fourth-order valence-electron chi connectivity index (χ4n) is 3.08. The summed E-state index contributed by atoms with van der Waals surface area (Å²) in [6.07, 6.45) is 2.53. The van der Waals surface area contributed by atoms with Gasteiger partial charge in [0.1, 0.15) is 0 Å². The van der Waals surface area contributed by atoms with Crippen molar-refractivity contribution in [3.63, 3.8) is 0 Å². The minimum absolute atomic E-state index is 0.147. The second kappa shape index (κ2) is 8.90. The maximum absolute atomic E-state index is 12.1. The van der Waals surface area contributed by atoms with Crippen LogP contribution in [0, 0.1) is 13.8 Å². The van der Waals surface area contributed by atoms with Crippen LogP contribution < -0.4 is 21.7 Å². The van der Waals surface area contributed by atoms with E-state index in [4.69, 9.17) is 5.73 Å². The molecule has 28 heavy (non-hydrogen) atoms. The summed E-state index contributed by atoms with van der Waals surface area (Å²) in [5.74, 6) is -0.147. The molecule has 1 aromatic heterocycles. The molecule has 4 amide bonds. The largest absolute Gasteiger partial charge is 0.358 e. The maximum Gasteiger partial charge on any atom is 0.312 e. The zero-order chi connectivity index (χ0) is 20.8. The molecular formula is C20H25N5O3. The molecule has 0 bridgehead atoms. The Bertz CT molecular complexity index is 944. The number of anilines is 1. The van der Waals surface area contributed by atoms with Crippen LogP contribution in [-0.2, 0) is 11.3 Å². The predicted molar refractivity (Wildman–Crippen MR) is 110 cm³/mol. The summed E-state index contributed by atoms with van der Waals surface area (Å²) in [6.45, 7) is 5.91. The van der Waals surface area contributed by atoms with E-state index < -0.39 is 6.03 Å². The Morgan fingerprint density at radius 2 is 1.96 bits per heavy atom. The number of rotatable bonds is 7. The standard InChI is InChI=1S/C20H25N5O3/c1-11(7-17-12(2)18(13(3)25-17)19(27)22-4)15-8-14(9-23-20(21)28)5-6-16(15)24-10-26/h5-8,10,25H,9H2,1-4H3,(H,22,27)(H,24,26)(H3,21,23,28)/b11-7+. The van der Waals surface area contributed by atoms with Crippen molar-refractivity contribution in [2.75, 3.05) is 12.4 Å². The highest BCUT2D eigenvalue weighted by molar-refractivity contribution is 5.98. The first kappa shape index (κ1) is 20.8. The first-order valence-electron chi connectivity index (χ1n) is 8.74. The van der Waals surface area contributed by atoms with Gasteiger partial charge in [-0.1, -0.05) is 6.07 Å². The van der Waals surface area contributed by atoms with E-state index >= 15 is 0 Å². The Kier molecular flexibility index (Phi) is 6.59. The number of urea groups is 1. The van der Waals surface area contributed by atoms with Crippen LogP contribution in [0.15, 0.2) is 18.2 Å². The number of carbonyl (C=O) groups is 3. The minimum atomic E-state index is -0.608. The van der Waals surface area contributed by atoms with E-state index in [1.54, 1.807) is 19.2 Å². The van der Waals surface area contributed by atoms with Gasteiger partial charge in [-0.25, -0.2) is 4.79 Å². The van der Waals surface area contributed by atoms with Crippen LogP contribution >= 0.6 is 0 Å². The van der Waals surface area contributed by atoms with Crippen LogP contribution in [0.2, 0.25) is 0 Å². The topological polar surface area (TPSA) is 129 Å². The highest BCUT2D eigenvalue weighted by Crippen LogP contribution is 2.28. The number of H-pyrrole nitrogens is 1. The summed E-state index contributed by atoms with van der Waals surface area (Å²) in [4.78, 5) is 37.2. The van der Waals surface area contributed by atoms with Gasteiger partial charge in [-0.2, -0.15) is 0 Å². The number of aryl methyl sites for hydroxylation is 1. The van der Waals surface area contributed by atoms with Gasteiger partial charge in [-0.3, -0.25) is 9.59 Å². The number of nitrogens with two attached hydrogens (primary N) is 1. The van der Waals surface area contributed by atoms with E-state index in [9.17, 15) is 14.4 Å². The lowest BCUT2D eigenvalue weighted by atomic mass is 10.00. The first-order valence-corrected chi connectivity index (χ1v) is 8.74. The third-order valence-corrected chi connectivity index (χ3v) is 4.48. The summed E-state index contributed by atoms with van der Waals surface area (Å²) < 4.78 is 0. The molecule has 148 valence electrons. The van der Waals surface area contributed by atoms with Gasteiger partial charge in [-0.15, -0.1) is 0 Å². The SMILES string of the molecule is CNC(=O)c1c(C)[nH]c(/C=C(\C)c2cc(CNC(N)=O)ccc2NC=O)c1C. The number of hydrogen-bond acceptors (Lipinski definition) is 3. The third-order valence-electron chi connectivity index (χ3n) is 4.48. The van der Waals surface area contributed by atoms with Crippen LogP contribution in [0.25, 0.3) is 11.6 Å². The quantitative estimate of drug-likeness (QED) is 0.470. The molecule has 0 saturated carbocycles. The molecule has 0 aliphatic carbocycles. The smallest absolute Gasteiger partial charge is 0.312 e. The number of primary amides is 1. The number of nitrogens with one attached hydrogen (secondary N) is 4. The summed E-state index contributed by atoms with van der Waals surface area (Å²) in [5.41, 5.74) is 11.3. The average molecular weight is 383 g/mol. The molecule has 2 aromatic rings. The van der Waals surface area contributed by atoms with Crippen LogP contribution in [-0.4, -0.2) is 30.4 Å². The fourth-order valence-corrected chi connectivity index (χ4v) is 3.08. The Hall–Kier alpha value is -3.55. The Balaban J connectivity index is 2.47. The average Bonchev–Trinajstić information content (AvgIpc) is 2.93. The molecule has 0 aliphatic rings. The van der Waals surface area contributed by atoms with Crippen LogP contribution in [0.4, 0.5) is 10.5 Å². The Morgan fingerprint density at radius 1 is 1.25 bits per heavy atom. The van der Waals surface area contributed by atoms with Gasteiger partial charge in [0.2, 0.25) is 6.41 Å². The summed E-state index contributed by atoms with van der Waals surface area (Å²) in [6, 6.07) is 4.83. The molecule has 8 nitrogen and oxygen atoms in total. The second-order valence-corrected chi connectivity index (χ2v) is 6.43. The number of hydrogen-bond donors (Lipinski definition) is 5. The predicted octanol–water partition coefficient (Wildman–Crippen LogP) is 2.29. The third kappa shape index (κ3) is 4.59. The van der Waals surface area contributed by atoms with Crippen LogP contribution in [0.5, 0.6) is 0 Å². The van der Waals surface area contributed by atoms with Gasteiger partial charge in [0.05, 0.1) is 5.56 Å². The normalized spacial score (nSPS) is 11.1. The van der Waals surface area contributed by atoms with Gasteiger partial charge in [0, 0.05) is 36.2 Å². The van der Waals surface area contributed by atoms with Crippen molar-refractivity contribution < 1.29 is 14.4 Å². The van der Waals surface area contributed by atoms with E-state index in [0.29, 0.717) is 17.7 Å². The van der Waals surface area contributed by atoms with Gasteiger partial charge < -0.3 is 26.7 Å². The van der Waals surface area contributed by atoms with E-state index in [2.05, 4.69) is 20.9 Å². The van der Waals surface area contributed by atoms with Crippen molar-refractivity contribution in [3.8, 4) is 0 Å². The number of aromatic nitrogens is 1. The van der Waals surface area contributed by atoms with Crippen molar-refractivity contribution >= 4 is 35.7 Å². The monoisotopic (exact) mass is 383 g/mol. The summed E-state index contributed by atoms with van der Waals surface area (Å²) in [7, 11) is 1.60. The number of benzene rings is 1. The lowest BCUT2D eigenvalue weighted by Crippen LogP contribution is -2.28. The first-order chi connectivity index (χ1) is 13.3. The highest BCUT2D eigenvalue weighted by Gasteiger charge is 2.16. The van der Waals surface area contributed by atoms with Crippen LogP contribution in [0.1, 0.15) is 45.4 Å². The molecule has 1 aromatic carbocycles. The van der Waals surface area contributed by atoms with Gasteiger partial charge in [-0.05, 0) is 55.7 Å². The number of carbonyl (C=O) groups excluding carboxylic acids is 3. The van der Waals surface area contributed by atoms with Gasteiger partial charge in [0.25, 0.3) is 5.91 Å². The zero-order valence-corrected chi connectivity index (χ0v) is 16.4. The number of amides is 4. The molecule has 0 aliphatic heterocycles. The van der Waals surface area contributed by atoms with Crippen molar-refractivity contribution in [1.82, 2.24) is 15.6 Å². The second-order valence-electron chi connectivity index (χ2n) is 6.43. The van der Waals surface area contributed by atoms with Crippen LogP contribution in [0.3, 0.4) is 0 Å². The van der Waals surface area contributed by atoms with E-state index in [-0.39, 0.29) is 12.5 Å². The molecule has 0 saturated heterocycles. The molecule has 0 fully saturated rings. The molecule has 0 unspecified atom stereocenters. The van der Waals surface area contributed by atoms with Crippen molar-refractivity contribution in [2.45, 2.75) is 27.3 Å². The molecule has 0 atom stereocenters. The lowest BCUT2D eigenvalue weighted by Gasteiger charge is -2.12. The van der Waals surface area contributed by atoms with Crippen molar-refractivity contribution in [1.29, 1.82) is 0 Å².